The number of ether oxygens (including phenoxy) is 3. The first kappa shape index (κ1) is 21.5. The number of benzene rings is 2. The lowest BCUT2D eigenvalue weighted by Crippen LogP contribution is -2.50. The smallest absolute Gasteiger partial charge is 0.290 e. The van der Waals surface area contributed by atoms with Crippen molar-refractivity contribution in [1.82, 2.24) is 9.80 Å². The molecule has 0 atom stereocenters. The number of rotatable bonds is 5. The number of hydrogen-bond donors (Lipinski definition) is 0. The third kappa shape index (κ3) is 3.84. The summed E-state index contributed by atoms with van der Waals surface area (Å²) in [5.41, 5.74) is 1.90. The molecule has 1 aliphatic rings. The SMILES string of the molecule is COc1ccc(C(=O)N2CCN(C(=O)c3oc4ccc(OC)cc4c3C)CC2)c(OC)c1. The van der Waals surface area contributed by atoms with Crippen LogP contribution >= 0.6 is 0 Å². The summed E-state index contributed by atoms with van der Waals surface area (Å²) < 4.78 is 21.7. The molecule has 3 aromatic rings. The molecule has 0 unspecified atom stereocenters. The number of methoxy groups -OCH3 is 3. The number of carbonyl (C=O) groups is 2. The highest BCUT2D eigenvalue weighted by Gasteiger charge is 2.29. The fraction of sp³-hybridized carbons (Fsp3) is 0.333. The Labute approximate surface area is 186 Å². The molecule has 1 fully saturated rings. The van der Waals surface area contributed by atoms with Gasteiger partial charge in [0, 0.05) is 43.2 Å². The van der Waals surface area contributed by atoms with Crippen molar-refractivity contribution in [3.8, 4) is 17.2 Å². The van der Waals surface area contributed by atoms with Gasteiger partial charge in [-0.05, 0) is 37.3 Å². The van der Waals surface area contributed by atoms with Crippen LogP contribution in [-0.2, 0) is 0 Å². The zero-order valence-corrected chi connectivity index (χ0v) is 18.6. The molecule has 2 amide bonds. The summed E-state index contributed by atoms with van der Waals surface area (Å²) in [7, 11) is 4.69. The number of piperazine rings is 1. The van der Waals surface area contributed by atoms with Crippen LogP contribution in [0.5, 0.6) is 17.2 Å². The molecule has 1 saturated heterocycles. The first-order valence-corrected chi connectivity index (χ1v) is 10.3. The summed E-state index contributed by atoms with van der Waals surface area (Å²) in [5, 5.41) is 0.855. The molecule has 1 aromatic heterocycles. The predicted molar refractivity (Wildman–Crippen MR) is 119 cm³/mol. The quantitative estimate of drug-likeness (QED) is 0.608. The van der Waals surface area contributed by atoms with E-state index in [0.29, 0.717) is 60.3 Å². The van der Waals surface area contributed by atoms with Gasteiger partial charge in [-0.3, -0.25) is 9.59 Å². The zero-order chi connectivity index (χ0) is 22.8. The van der Waals surface area contributed by atoms with Gasteiger partial charge in [0.1, 0.15) is 22.8 Å². The zero-order valence-electron chi connectivity index (χ0n) is 18.6. The highest BCUT2D eigenvalue weighted by atomic mass is 16.5. The lowest BCUT2D eigenvalue weighted by molar-refractivity contribution is 0.0517. The van der Waals surface area contributed by atoms with Gasteiger partial charge in [0.05, 0.1) is 26.9 Å². The number of amides is 2. The van der Waals surface area contributed by atoms with Gasteiger partial charge in [0.2, 0.25) is 0 Å². The second-order valence-corrected chi connectivity index (χ2v) is 7.57. The van der Waals surface area contributed by atoms with E-state index in [9.17, 15) is 9.59 Å². The molecule has 8 nitrogen and oxygen atoms in total. The van der Waals surface area contributed by atoms with E-state index in [4.69, 9.17) is 18.6 Å². The number of fused-ring (bicyclic) bond motifs is 1. The maximum Gasteiger partial charge on any atom is 0.290 e. The molecule has 0 bridgehead atoms. The summed E-state index contributed by atoms with van der Waals surface area (Å²) in [6.45, 7) is 3.56. The highest BCUT2D eigenvalue weighted by molar-refractivity contribution is 6.00. The summed E-state index contributed by atoms with van der Waals surface area (Å²) in [6, 6.07) is 10.6. The van der Waals surface area contributed by atoms with Crippen LogP contribution in [0.4, 0.5) is 0 Å². The van der Waals surface area contributed by atoms with Crippen LogP contribution < -0.4 is 14.2 Å². The third-order valence-corrected chi connectivity index (χ3v) is 5.83. The molecule has 168 valence electrons. The Kier molecular flexibility index (Phi) is 5.94. The number of hydrogen-bond acceptors (Lipinski definition) is 6. The van der Waals surface area contributed by atoms with E-state index in [1.807, 2.05) is 13.0 Å². The Morgan fingerprint density at radius 2 is 1.41 bits per heavy atom. The Bertz CT molecular complexity index is 1160. The molecule has 0 N–H and O–H groups in total. The summed E-state index contributed by atoms with van der Waals surface area (Å²) in [6.07, 6.45) is 0. The standard InChI is InChI=1S/C24H26N2O6/c1-15-19-13-16(29-2)6-8-20(19)32-22(15)24(28)26-11-9-25(10-12-26)23(27)18-7-5-17(30-3)14-21(18)31-4/h5-8,13-14H,9-12H2,1-4H3. The van der Waals surface area contributed by atoms with Crippen molar-refractivity contribution in [3.63, 3.8) is 0 Å². The predicted octanol–water partition coefficient (Wildman–Crippen LogP) is 3.37. The van der Waals surface area contributed by atoms with E-state index in [0.717, 1.165) is 10.9 Å². The maximum absolute atomic E-state index is 13.1. The lowest BCUT2D eigenvalue weighted by atomic mass is 10.1. The molecule has 4 rings (SSSR count). The molecule has 0 radical (unpaired) electrons. The van der Waals surface area contributed by atoms with E-state index >= 15 is 0 Å². The minimum atomic E-state index is -0.174. The molecule has 0 saturated carbocycles. The largest absolute Gasteiger partial charge is 0.497 e. The fourth-order valence-electron chi connectivity index (χ4n) is 3.93. The second kappa shape index (κ2) is 8.82. The van der Waals surface area contributed by atoms with E-state index in [1.54, 1.807) is 54.4 Å². The summed E-state index contributed by atoms with van der Waals surface area (Å²) in [5.74, 6) is 1.80. The van der Waals surface area contributed by atoms with Gasteiger partial charge in [-0.15, -0.1) is 0 Å². The first-order valence-electron chi connectivity index (χ1n) is 10.3. The van der Waals surface area contributed by atoms with Crippen LogP contribution in [0, 0.1) is 6.92 Å². The Morgan fingerprint density at radius 1 is 0.812 bits per heavy atom. The molecule has 2 heterocycles. The van der Waals surface area contributed by atoms with Crippen molar-refractivity contribution in [2.75, 3.05) is 47.5 Å². The molecule has 2 aromatic carbocycles. The molecule has 1 aliphatic heterocycles. The van der Waals surface area contributed by atoms with E-state index < -0.39 is 0 Å². The van der Waals surface area contributed by atoms with Crippen LogP contribution in [0.15, 0.2) is 40.8 Å². The van der Waals surface area contributed by atoms with Crippen molar-refractivity contribution in [3.05, 3.63) is 53.3 Å². The normalized spacial score (nSPS) is 13.9. The lowest BCUT2D eigenvalue weighted by Gasteiger charge is -2.34. The van der Waals surface area contributed by atoms with Crippen molar-refractivity contribution in [2.45, 2.75) is 6.92 Å². The monoisotopic (exact) mass is 438 g/mol. The molecule has 0 aliphatic carbocycles. The molecule has 8 heteroatoms. The molecule has 0 spiro atoms. The van der Waals surface area contributed by atoms with Crippen molar-refractivity contribution in [1.29, 1.82) is 0 Å². The van der Waals surface area contributed by atoms with Crippen molar-refractivity contribution < 1.29 is 28.2 Å². The van der Waals surface area contributed by atoms with E-state index in [1.165, 1.54) is 7.11 Å². The maximum atomic E-state index is 13.1. The van der Waals surface area contributed by atoms with Crippen molar-refractivity contribution >= 4 is 22.8 Å². The number of furan rings is 1. The van der Waals surface area contributed by atoms with Gasteiger partial charge < -0.3 is 28.4 Å². The Morgan fingerprint density at radius 3 is 2.03 bits per heavy atom. The average molecular weight is 438 g/mol. The van der Waals surface area contributed by atoms with E-state index in [-0.39, 0.29) is 11.8 Å². The van der Waals surface area contributed by atoms with Crippen LogP contribution in [0.25, 0.3) is 11.0 Å². The fourth-order valence-corrected chi connectivity index (χ4v) is 3.93. The van der Waals surface area contributed by atoms with E-state index in [2.05, 4.69) is 0 Å². The number of nitrogens with zero attached hydrogens (tertiary/aromatic N) is 2. The summed E-state index contributed by atoms with van der Waals surface area (Å²) in [4.78, 5) is 29.6. The van der Waals surface area contributed by atoms with Crippen LogP contribution in [0.2, 0.25) is 0 Å². The average Bonchev–Trinajstić information content (AvgIpc) is 3.18. The van der Waals surface area contributed by atoms with Gasteiger partial charge in [0.25, 0.3) is 11.8 Å². The molecular formula is C24H26N2O6. The summed E-state index contributed by atoms with van der Waals surface area (Å²) >= 11 is 0. The van der Waals surface area contributed by atoms with Gasteiger partial charge in [-0.25, -0.2) is 0 Å². The number of aryl methyl sites for hydroxylation is 1. The molecule has 32 heavy (non-hydrogen) atoms. The van der Waals surface area contributed by atoms with Crippen LogP contribution in [-0.4, -0.2) is 69.1 Å². The van der Waals surface area contributed by atoms with Gasteiger partial charge in [-0.1, -0.05) is 0 Å². The minimum Gasteiger partial charge on any atom is -0.497 e. The first-order chi connectivity index (χ1) is 15.5. The van der Waals surface area contributed by atoms with Gasteiger partial charge in [-0.2, -0.15) is 0 Å². The van der Waals surface area contributed by atoms with Gasteiger partial charge in [0.15, 0.2) is 5.76 Å². The highest BCUT2D eigenvalue weighted by Crippen LogP contribution is 2.30. The Balaban J connectivity index is 1.47. The van der Waals surface area contributed by atoms with Crippen LogP contribution in [0.1, 0.15) is 26.5 Å². The van der Waals surface area contributed by atoms with Gasteiger partial charge >= 0.3 is 0 Å². The third-order valence-electron chi connectivity index (χ3n) is 5.83. The topological polar surface area (TPSA) is 81.5 Å². The molecular weight excluding hydrogens is 412 g/mol. The van der Waals surface area contributed by atoms with Crippen molar-refractivity contribution in [2.24, 2.45) is 0 Å². The van der Waals surface area contributed by atoms with Crippen LogP contribution in [0.3, 0.4) is 0 Å². The minimum absolute atomic E-state index is 0.136. The number of carbonyl (C=O) groups excluding carboxylic acids is 2. The Hall–Kier alpha value is -3.68. The second-order valence-electron chi connectivity index (χ2n) is 7.57.